The molecule has 2 nitrogen and oxygen atoms in total. The zero-order valence-corrected chi connectivity index (χ0v) is 10.8. The summed E-state index contributed by atoms with van der Waals surface area (Å²) in [6.45, 7) is 3.00. The fourth-order valence-electron chi connectivity index (χ4n) is 1.87. The minimum absolute atomic E-state index is 0.393. The normalized spacial score (nSPS) is 11.3. The highest BCUT2D eigenvalue weighted by Gasteiger charge is 2.23. The van der Waals surface area contributed by atoms with E-state index in [-0.39, 0.29) is 0 Å². The Hall–Kier alpha value is -2.16. The van der Waals surface area contributed by atoms with Crippen molar-refractivity contribution in [2.24, 2.45) is 0 Å². The average Bonchev–Trinajstić information content (AvgIpc) is 2.39. The Morgan fingerprint density at radius 2 is 1.74 bits per heavy atom. The fraction of sp³-hybridized carbons (Fsp3) is 0.188. The number of carbonyl (C=O) groups is 1. The lowest BCUT2D eigenvalue weighted by molar-refractivity contribution is -0.312. The van der Waals surface area contributed by atoms with Crippen molar-refractivity contribution in [2.75, 3.05) is 0 Å². The van der Waals surface area contributed by atoms with Crippen molar-refractivity contribution in [3.8, 4) is 11.1 Å². The highest BCUT2D eigenvalue weighted by molar-refractivity contribution is 5.79. The molecule has 0 spiro atoms. The smallest absolute Gasteiger partial charge is 0.131 e. The van der Waals surface area contributed by atoms with Gasteiger partial charge in [-0.05, 0) is 17.2 Å². The number of carbonyl (C=O) groups excluding carboxylic acids is 1. The van der Waals surface area contributed by atoms with Crippen molar-refractivity contribution in [3.63, 3.8) is 0 Å². The van der Waals surface area contributed by atoms with Crippen LogP contribution in [-0.4, -0.2) is 5.97 Å². The van der Waals surface area contributed by atoms with Crippen molar-refractivity contribution >= 4 is 5.97 Å². The fourth-order valence-corrected chi connectivity index (χ4v) is 1.87. The molecular formula is C16H14FO2-. The molecule has 0 radical (unpaired) electrons. The SMILES string of the molecule is CC(C)(C(=O)[O-])c1ccc(-c2ccccc2)c(F)c1. The van der Waals surface area contributed by atoms with Gasteiger partial charge in [-0.2, -0.15) is 0 Å². The van der Waals surface area contributed by atoms with Gasteiger partial charge in [0.15, 0.2) is 0 Å². The molecule has 3 heteroatoms. The summed E-state index contributed by atoms with van der Waals surface area (Å²) in [6.07, 6.45) is 0. The minimum atomic E-state index is -1.22. The third kappa shape index (κ3) is 2.50. The van der Waals surface area contributed by atoms with Gasteiger partial charge in [-0.15, -0.1) is 0 Å². The topological polar surface area (TPSA) is 40.1 Å². The molecule has 19 heavy (non-hydrogen) atoms. The van der Waals surface area contributed by atoms with Gasteiger partial charge in [-0.1, -0.05) is 56.3 Å². The number of carboxylic acids is 1. The van der Waals surface area contributed by atoms with E-state index in [4.69, 9.17) is 0 Å². The Bertz CT molecular complexity index is 603. The molecule has 0 amide bonds. The number of hydrogen-bond acceptors (Lipinski definition) is 2. The van der Waals surface area contributed by atoms with Gasteiger partial charge in [-0.25, -0.2) is 4.39 Å². The Balaban J connectivity index is 2.47. The summed E-state index contributed by atoms with van der Waals surface area (Å²) < 4.78 is 14.1. The van der Waals surface area contributed by atoms with E-state index < -0.39 is 17.2 Å². The van der Waals surface area contributed by atoms with Crippen LogP contribution in [0.2, 0.25) is 0 Å². The van der Waals surface area contributed by atoms with Gasteiger partial charge < -0.3 is 9.90 Å². The molecule has 2 aromatic carbocycles. The third-order valence-corrected chi connectivity index (χ3v) is 3.29. The molecule has 0 saturated carbocycles. The summed E-state index contributed by atoms with van der Waals surface area (Å²) in [5.41, 5.74) is 0.400. The Labute approximate surface area is 111 Å². The maximum Gasteiger partial charge on any atom is 0.131 e. The summed E-state index contributed by atoms with van der Waals surface area (Å²) in [4.78, 5) is 11.1. The molecule has 0 N–H and O–H groups in total. The standard InChI is InChI=1S/C16H15FO2/c1-16(2,15(18)19)12-8-9-13(14(17)10-12)11-6-4-3-5-7-11/h3-10H,1-2H3,(H,18,19)/p-1. The number of carboxylic acid groups (broad SMARTS) is 1. The van der Waals surface area contributed by atoms with Crippen LogP contribution in [0, 0.1) is 5.82 Å². The quantitative estimate of drug-likeness (QED) is 0.847. The number of rotatable bonds is 3. The molecule has 2 rings (SSSR count). The number of benzene rings is 2. The van der Waals surface area contributed by atoms with Crippen molar-refractivity contribution in [3.05, 3.63) is 59.9 Å². The first-order chi connectivity index (χ1) is 8.93. The lowest BCUT2D eigenvalue weighted by atomic mass is 9.84. The van der Waals surface area contributed by atoms with Gasteiger partial charge in [0, 0.05) is 11.0 Å². The summed E-state index contributed by atoms with van der Waals surface area (Å²) in [5, 5.41) is 11.1. The predicted molar refractivity (Wildman–Crippen MR) is 69.9 cm³/mol. The van der Waals surface area contributed by atoms with Crippen molar-refractivity contribution in [1.82, 2.24) is 0 Å². The number of halogens is 1. The molecule has 0 aliphatic rings. The largest absolute Gasteiger partial charge is 0.549 e. The molecule has 2 aromatic rings. The van der Waals surface area contributed by atoms with Crippen molar-refractivity contribution in [2.45, 2.75) is 19.3 Å². The molecule has 0 aliphatic carbocycles. The van der Waals surface area contributed by atoms with Gasteiger partial charge in [0.2, 0.25) is 0 Å². The Morgan fingerprint density at radius 3 is 2.26 bits per heavy atom. The van der Waals surface area contributed by atoms with Gasteiger partial charge in [0.1, 0.15) is 5.82 Å². The van der Waals surface area contributed by atoms with Crippen LogP contribution in [0.1, 0.15) is 19.4 Å². The third-order valence-electron chi connectivity index (χ3n) is 3.29. The second-order valence-electron chi connectivity index (χ2n) is 4.97. The first-order valence-electron chi connectivity index (χ1n) is 6.00. The summed E-state index contributed by atoms with van der Waals surface area (Å²) in [6, 6.07) is 13.6. The minimum Gasteiger partial charge on any atom is -0.549 e. The molecule has 0 unspecified atom stereocenters. The van der Waals surface area contributed by atoms with Crippen LogP contribution in [0.3, 0.4) is 0 Å². The van der Waals surface area contributed by atoms with Gasteiger partial charge in [-0.3, -0.25) is 0 Å². The van der Waals surface area contributed by atoms with E-state index in [0.717, 1.165) is 5.56 Å². The highest BCUT2D eigenvalue weighted by Crippen LogP contribution is 2.28. The van der Waals surface area contributed by atoms with E-state index in [1.165, 1.54) is 19.9 Å². The van der Waals surface area contributed by atoms with Crippen LogP contribution in [0.25, 0.3) is 11.1 Å². The Kier molecular flexibility index (Phi) is 3.38. The zero-order valence-electron chi connectivity index (χ0n) is 10.8. The van der Waals surface area contributed by atoms with Crippen LogP contribution < -0.4 is 5.11 Å². The lowest BCUT2D eigenvalue weighted by Gasteiger charge is -2.26. The molecule has 0 fully saturated rings. The van der Waals surface area contributed by atoms with E-state index in [1.54, 1.807) is 12.1 Å². The van der Waals surface area contributed by atoms with Crippen molar-refractivity contribution < 1.29 is 14.3 Å². The first-order valence-corrected chi connectivity index (χ1v) is 6.00. The number of aliphatic carboxylic acids is 1. The molecule has 0 aromatic heterocycles. The molecular weight excluding hydrogens is 243 g/mol. The maximum atomic E-state index is 14.1. The molecule has 0 aliphatic heterocycles. The highest BCUT2D eigenvalue weighted by atomic mass is 19.1. The number of hydrogen-bond donors (Lipinski definition) is 0. The van der Waals surface area contributed by atoms with Crippen molar-refractivity contribution in [1.29, 1.82) is 0 Å². The lowest BCUT2D eigenvalue weighted by Crippen LogP contribution is -2.41. The molecule has 0 saturated heterocycles. The molecule has 0 bridgehead atoms. The molecule has 98 valence electrons. The van der Waals surface area contributed by atoms with Crippen LogP contribution in [-0.2, 0) is 10.2 Å². The predicted octanol–water partition coefficient (Wildman–Crippen LogP) is 2.52. The van der Waals surface area contributed by atoms with Gasteiger partial charge in [0.25, 0.3) is 0 Å². The summed E-state index contributed by atoms with van der Waals surface area (Å²) >= 11 is 0. The van der Waals surface area contributed by atoms with E-state index in [1.807, 2.05) is 30.3 Å². The second kappa shape index (κ2) is 4.84. The first kappa shape index (κ1) is 13.3. The molecule has 0 heterocycles. The monoisotopic (exact) mass is 257 g/mol. The summed E-state index contributed by atoms with van der Waals surface area (Å²) in [5.74, 6) is -1.66. The van der Waals surface area contributed by atoms with Gasteiger partial charge >= 0.3 is 0 Å². The summed E-state index contributed by atoms with van der Waals surface area (Å²) in [7, 11) is 0. The van der Waals surface area contributed by atoms with Crippen LogP contribution in [0.4, 0.5) is 4.39 Å². The molecule has 0 atom stereocenters. The van der Waals surface area contributed by atoms with E-state index >= 15 is 0 Å². The average molecular weight is 257 g/mol. The van der Waals surface area contributed by atoms with Crippen LogP contribution in [0.15, 0.2) is 48.5 Å². The van der Waals surface area contributed by atoms with E-state index in [0.29, 0.717) is 11.1 Å². The Morgan fingerprint density at radius 1 is 1.11 bits per heavy atom. The van der Waals surface area contributed by atoms with Crippen LogP contribution in [0.5, 0.6) is 0 Å². The van der Waals surface area contributed by atoms with Crippen LogP contribution >= 0.6 is 0 Å². The zero-order chi connectivity index (χ0) is 14.0. The van der Waals surface area contributed by atoms with E-state index in [2.05, 4.69) is 0 Å². The maximum absolute atomic E-state index is 14.1. The second-order valence-corrected chi connectivity index (χ2v) is 4.97. The van der Waals surface area contributed by atoms with E-state index in [9.17, 15) is 14.3 Å². The van der Waals surface area contributed by atoms with Gasteiger partial charge in [0.05, 0.1) is 5.97 Å².